The van der Waals surface area contributed by atoms with Crippen LogP contribution < -0.4 is 9.13 Å². The summed E-state index contributed by atoms with van der Waals surface area (Å²) in [4.78, 5) is 12.3. The van der Waals surface area contributed by atoms with Crippen molar-refractivity contribution >= 4 is 12.0 Å². The number of aromatic nitrogens is 2. The molecule has 0 spiro atoms. The molecule has 0 aliphatic rings. The lowest BCUT2D eigenvalue weighted by molar-refractivity contribution is -0.788. The van der Waals surface area contributed by atoms with Crippen LogP contribution in [0.3, 0.4) is 0 Å². The lowest BCUT2D eigenvalue weighted by atomic mass is 9.87. The van der Waals surface area contributed by atoms with E-state index in [2.05, 4.69) is 5.16 Å². The van der Waals surface area contributed by atoms with Crippen LogP contribution in [-0.4, -0.2) is 17.2 Å². The van der Waals surface area contributed by atoms with E-state index in [0.29, 0.717) is 19.0 Å². The standard InChI is InChI=1S/C18H22N3O3/c1-18(2,3)17(22)16-5-4-8-21(12-16)14-24-13-20-9-6-15(7-10-20)11-19-23/h4-12H,13-14H2,1-3H3/q+1/p+1. The zero-order chi connectivity index (χ0) is 17.6. The molecule has 6 nitrogen and oxygen atoms in total. The number of carbonyl (C=O) groups is 1. The topological polar surface area (TPSA) is 66.7 Å². The van der Waals surface area contributed by atoms with Crippen molar-refractivity contribution in [2.24, 2.45) is 10.6 Å². The first-order chi connectivity index (χ1) is 11.4. The Labute approximate surface area is 141 Å². The van der Waals surface area contributed by atoms with Crippen molar-refractivity contribution < 1.29 is 23.9 Å². The molecule has 2 rings (SSSR count). The average Bonchev–Trinajstić information content (AvgIpc) is 2.55. The monoisotopic (exact) mass is 329 g/mol. The Kier molecular flexibility index (Phi) is 5.76. The molecule has 0 aliphatic carbocycles. The van der Waals surface area contributed by atoms with Crippen LogP contribution >= 0.6 is 0 Å². The van der Waals surface area contributed by atoms with Gasteiger partial charge in [-0.1, -0.05) is 25.9 Å². The van der Waals surface area contributed by atoms with Crippen molar-refractivity contribution in [2.45, 2.75) is 34.2 Å². The molecule has 0 radical (unpaired) electrons. The number of ketones is 1. The van der Waals surface area contributed by atoms with Crippen molar-refractivity contribution in [3.63, 3.8) is 0 Å². The summed E-state index contributed by atoms with van der Waals surface area (Å²) in [6.07, 6.45) is 8.70. The van der Waals surface area contributed by atoms with E-state index in [1.165, 1.54) is 6.21 Å². The van der Waals surface area contributed by atoms with Crippen LogP contribution in [0.2, 0.25) is 0 Å². The Bertz CT molecular complexity index is 719. The summed E-state index contributed by atoms with van der Waals surface area (Å²) >= 11 is 0. The van der Waals surface area contributed by atoms with Crippen LogP contribution in [0.25, 0.3) is 0 Å². The molecule has 0 bridgehead atoms. The fourth-order valence-electron chi connectivity index (χ4n) is 2.13. The summed E-state index contributed by atoms with van der Waals surface area (Å²) < 4.78 is 9.36. The number of hydrogen-bond acceptors (Lipinski definition) is 4. The zero-order valence-electron chi connectivity index (χ0n) is 14.2. The van der Waals surface area contributed by atoms with Crippen molar-refractivity contribution in [3.8, 4) is 0 Å². The first-order valence-electron chi connectivity index (χ1n) is 7.68. The Hall–Kier alpha value is -2.60. The Morgan fingerprint density at radius 1 is 1.17 bits per heavy atom. The highest BCUT2D eigenvalue weighted by atomic mass is 16.5. The molecule has 0 atom stereocenters. The molecule has 126 valence electrons. The van der Waals surface area contributed by atoms with E-state index >= 15 is 0 Å². The average molecular weight is 329 g/mol. The lowest BCUT2D eigenvalue weighted by Crippen LogP contribution is -2.40. The normalized spacial score (nSPS) is 11.8. The first kappa shape index (κ1) is 17.7. The highest BCUT2D eigenvalue weighted by molar-refractivity contribution is 5.99. The van der Waals surface area contributed by atoms with Gasteiger partial charge in [0.2, 0.25) is 0 Å². The van der Waals surface area contributed by atoms with Crippen LogP contribution in [0.15, 0.2) is 54.2 Å². The van der Waals surface area contributed by atoms with Gasteiger partial charge >= 0.3 is 0 Å². The molecule has 0 aliphatic heterocycles. The Morgan fingerprint density at radius 3 is 2.46 bits per heavy atom. The van der Waals surface area contributed by atoms with Crippen molar-refractivity contribution in [1.29, 1.82) is 0 Å². The Morgan fingerprint density at radius 2 is 1.83 bits per heavy atom. The van der Waals surface area contributed by atoms with Crippen LogP contribution in [0.4, 0.5) is 0 Å². The van der Waals surface area contributed by atoms with Gasteiger partial charge in [0, 0.05) is 29.2 Å². The number of carbonyl (C=O) groups excluding carboxylic acids is 1. The third-order valence-corrected chi connectivity index (χ3v) is 3.41. The molecular formula is C18H23N3O3+2. The molecule has 0 amide bonds. The highest BCUT2D eigenvalue weighted by Gasteiger charge is 2.24. The quantitative estimate of drug-likeness (QED) is 0.289. The van der Waals surface area contributed by atoms with E-state index in [9.17, 15) is 4.79 Å². The van der Waals surface area contributed by atoms with E-state index < -0.39 is 5.41 Å². The molecule has 0 unspecified atom stereocenters. The summed E-state index contributed by atoms with van der Waals surface area (Å²) in [6, 6.07) is 7.30. The van der Waals surface area contributed by atoms with Crippen LogP contribution in [0.5, 0.6) is 0 Å². The number of ether oxygens (including phenoxy) is 1. The van der Waals surface area contributed by atoms with Crippen molar-refractivity contribution in [3.05, 3.63) is 60.2 Å². The largest absolute Gasteiger partial charge is 0.411 e. The maximum absolute atomic E-state index is 12.3. The molecule has 0 saturated carbocycles. The van der Waals surface area contributed by atoms with Crippen LogP contribution in [0, 0.1) is 5.41 Å². The smallest absolute Gasteiger partial charge is 0.257 e. The Balaban J connectivity index is 1.94. The van der Waals surface area contributed by atoms with Gasteiger partial charge in [-0.25, -0.2) is 0 Å². The second-order valence-corrected chi connectivity index (χ2v) is 6.54. The van der Waals surface area contributed by atoms with Crippen molar-refractivity contribution in [2.75, 3.05) is 0 Å². The molecule has 6 heteroatoms. The molecular weight excluding hydrogens is 306 g/mol. The van der Waals surface area contributed by atoms with Crippen molar-refractivity contribution in [1.82, 2.24) is 0 Å². The number of Topliss-reactive ketones (excluding diaryl/α,β-unsaturated/α-hetero) is 1. The molecule has 0 aromatic carbocycles. The summed E-state index contributed by atoms with van der Waals surface area (Å²) in [5.41, 5.74) is 1.07. The number of oxime groups is 1. The molecule has 1 N–H and O–H groups in total. The highest BCUT2D eigenvalue weighted by Crippen LogP contribution is 2.19. The van der Waals surface area contributed by atoms with Crippen LogP contribution in [-0.2, 0) is 18.2 Å². The molecule has 2 heterocycles. The van der Waals surface area contributed by atoms with E-state index in [-0.39, 0.29) is 5.78 Å². The minimum atomic E-state index is -0.407. The van der Waals surface area contributed by atoms with E-state index in [0.717, 1.165) is 5.56 Å². The third kappa shape index (κ3) is 4.96. The van der Waals surface area contributed by atoms with Gasteiger partial charge in [0.05, 0.1) is 11.8 Å². The minimum Gasteiger partial charge on any atom is -0.411 e. The fraction of sp³-hybridized carbons (Fsp3) is 0.333. The van der Waals surface area contributed by atoms with Gasteiger partial charge < -0.3 is 5.21 Å². The van der Waals surface area contributed by atoms with E-state index in [4.69, 9.17) is 9.94 Å². The van der Waals surface area contributed by atoms with Gasteiger partial charge in [-0.05, 0) is 6.07 Å². The van der Waals surface area contributed by atoms with Gasteiger partial charge in [-0.15, -0.1) is 0 Å². The lowest BCUT2D eigenvalue weighted by Gasteiger charge is -2.15. The fourth-order valence-corrected chi connectivity index (χ4v) is 2.13. The summed E-state index contributed by atoms with van der Waals surface area (Å²) in [5, 5.41) is 11.5. The summed E-state index contributed by atoms with van der Waals surface area (Å²) in [6.45, 7) is 6.44. The number of pyridine rings is 2. The number of rotatable bonds is 6. The van der Waals surface area contributed by atoms with Gasteiger partial charge in [0.15, 0.2) is 30.6 Å². The second-order valence-electron chi connectivity index (χ2n) is 6.54. The van der Waals surface area contributed by atoms with Crippen LogP contribution in [0.1, 0.15) is 36.7 Å². The maximum atomic E-state index is 12.3. The maximum Gasteiger partial charge on any atom is 0.257 e. The van der Waals surface area contributed by atoms with E-state index in [1.54, 1.807) is 6.20 Å². The SMILES string of the molecule is CC(C)(C)C(=O)c1ccc[n+](COC[n+]2ccc(/C=N\O)cc2)c1. The van der Waals surface area contributed by atoms with Gasteiger partial charge in [0.1, 0.15) is 0 Å². The predicted octanol–water partition coefficient (Wildman–Crippen LogP) is 1.93. The molecule has 0 fully saturated rings. The van der Waals surface area contributed by atoms with Gasteiger partial charge in [-0.2, -0.15) is 9.13 Å². The second kappa shape index (κ2) is 7.79. The first-order valence-corrected chi connectivity index (χ1v) is 7.68. The minimum absolute atomic E-state index is 0.104. The van der Waals surface area contributed by atoms with Gasteiger partial charge in [0.25, 0.3) is 13.5 Å². The number of hydrogen-bond donors (Lipinski definition) is 1. The van der Waals surface area contributed by atoms with Gasteiger partial charge in [-0.3, -0.25) is 9.53 Å². The number of nitrogens with zero attached hydrogens (tertiary/aromatic N) is 3. The summed E-state index contributed by atoms with van der Waals surface area (Å²) in [5.74, 6) is 0.104. The molecule has 0 saturated heterocycles. The summed E-state index contributed by atoms with van der Waals surface area (Å²) in [7, 11) is 0. The predicted molar refractivity (Wildman–Crippen MR) is 87.5 cm³/mol. The molecule has 24 heavy (non-hydrogen) atoms. The molecule has 2 aromatic heterocycles. The van der Waals surface area contributed by atoms with E-state index in [1.807, 2.05) is 72.8 Å². The third-order valence-electron chi connectivity index (χ3n) is 3.41. The molecule has 2 aromatic rings. The zero-order valence-corrected chi connectivity index (χ0v) is 14.2.